The average Bonchev–Trinajstić information content (AvgIpc) is 2.27. The van der Waals surface area contributed by atoms with Crippen LogP contribution in [0.2, 0.25) is 0 Å². The molecule has 0 atom stereocenters. The molecule has 98 valence electrons. The Morgan fingerprint density at radius 3 is 2.39 bits per heavy atom. The second-order valence-corrected chi connectivity index (χ2v) is 5.67. The highest BCUT2D eigenvalue weighted by Gasteiger charge is 2.22. The van der Waals surface area contributed by atoms with Gasteiger partial charge in [0.2, 0.25) is 5.91 Å². The Morgan fingerprint density at radius 2 is 1.83 bits per heavy atom. The van der Waals surface area contributed by atoms with E-state index in [-0.39, 0.29) is 5.56 Å². The van der Waals surface area contributed by atoms with Crippen molar-refractivity contribution in [3.05, 3.63) is 35.6 Å². The third kappa shape index (κ3) is 3.92. The zero-order chi connectivity index (χ0) is 13.8. The fourth-order valence-electron chi connectivity index (χ4n) is 1.29. The maximum absolute atomic E-state index is 13.2. The van der Waals surface area contributed by atoms with Crippen LogP contribution in [0, 0.1) is 5.82 Å². The number of ketones is 1. The first-order valence-corrected chi connectivity index (χ1v) is 6.86. The average molecular weight is 273 g/mol. The summed E-state index contributed by atoms with van der Waals surface area (Å²) in [6.45, 7) is 0. The minimum absolute atomic E-state index is 0.294. The number of hydrogen-bond acceptors (Lipinski definition) is 4. The fraction of sp³-hybridized carbons (Fsp3) is 0.273. The van der Waals surface area contributed by atoms with Gasteiger partial charge in [-0.25, -0.2) is 12.8 Å². The molecular formula is C11H12FNO4S. The molecule has 1 N–H and O–H groups in total. The van der Waals surface area contributed by atoms with Crippen LogP contribution >= 0.6 is 0 Å². The first kappa shape index (κ1) is 14.3. The predicted octanol–water partition coefficient (Wildman–Crippen LogP) is 0.169. The smallest absolute Gasteiger partial charge is 0.234 e. The Labute approximate surface area is 104 Å². The molecule has 0 radical (unpaired) electrons. The van der Waals surface area contributed by atoms with E-state index in [0.29, 0.717) is 0 Å². The lowest BCUT2D eigenvalue weighted by Gasteiger charge is -2.04. The summed E-state index contributed by atoms with van der Waals surface area (Å²) in [7, 11) is -2.60. The predicted molar refractivity (Wildman–Crippen MR) is 63.5 cm³/mol. The summed E-state index contributed by atoms with van der Waals surface area (Å²) >= 11 is 0. The van der Waals surface area contributed by atoms with Gasteiger partial charge < -0.3 is 5.32 Å². The number of hydrogen-bond donors (Lipinski definition) is 1. The molecule has 1 rings (SSSR count). The highest BCUT2D eigenvalue weighted by atomic mass is 32.2. The van der Waals surface area contributed by atoms with Crippen molar-refractivity contribution in [1.82, 2.24) is 5.32 Å². The van der Waals surface area contributed by atoms with Gasteiger partial charge >= 0.3 is 0 Å². The minimum Gasteiger partial charge on any atom is -0.358 e. The Bertz CT molecular complexity index is 568. The molecule has 0 saturated carbocycles. The summed E-state index contributed by atoms with van der Waals surface area (Å²) in [5.74, 6) is -4.03. The van der Waals surface area contributed by atoms with Crippen molar-refractivity contribution in [3.63, 3.8) is 0 Å². The Balaban J connectivity index is 2.83. The van der Waals surface area contributed by atoms with Gasteiger partial charge in [-0.2, -0.15) is 0 Å². The van der Waals surface area contributed by atoms with Gasteiger partial charge in [0.15, 0.2) is 15.6 Å². The van der Waals surface area contributed by atoms with Gasteiger partial charge in [0, 0.05) is 7.05 Å². The molecule has 0 saturated heterocycles. The summed E-state index contributed by atoms with van der Waals surface area (Å²) in [5.41, 5.74) is -0.294. The molecule has 0 aliphatic heterocycles. The van der Waals surface area contributed by atoms with E-state index in [4.69, 9.17) is 0 Å². The SMILES string of the molecule is CNC(=O)CS(=O)(=O)CC(=O)c1ccccc1F. The van der Waals surface area contributed by atoms with Crippen LogP contribution in [0.4, 0.5) is 4.39 Å². The van der Waals surface area contributed by atoms with Crippen molar-refractivity contribution in [2.75, 3.05) is 18.6 Å². The van der Waals surface area contributed by atoms with Crippen LogP contribution in [0.1, 0.15) is 10.4 Å². The fourth-order valence-corrected chi connectivity index (χ4v) is 2.49. The lowest BCUT2D eigenvalue weighted by molar-refractivity contribution is -0.118. The van der Waals surface area contributed by atoms with E-state index in [1.54, 1.807) is 0 Å². The normalized spacial score (nSPS) is 11.0. The quantitative estimate of drug-likeness (QED) is 0.775. The molecule has 0 bridgehead atoms. The molecule has 0 fully saturated rings. The number of sulfone groups is 1. The van der Waals surface area contributed by atoms with Gasteiger partial charge in [0.25, 0.3) is 0 Å². The van der Waals surface area contributed by atoms with E-state index >= 15 is 0 Å². The monoisotopic (exact) mass is 273 g/mol. The standard InChI is InChI=1S/C11H12FNO4S/c1-13-11(15)7-18(16,17)6-10(14)8-4-2-3-5-9(8)12/h2-5H,6-7H2,1H3,(H,13,15). The first-order valence-electron chi connectivity index (χ1n) is 5.04. The largest absolute Gasteiger partial charge is 0.358 e. The molecule has 7 heteroatoms. The summed E-state index contributed by atoms with van der Waals surface area (Å²) in [5, 5.41) is 2.14. The lowest BCUT2D eigenvalue weighted by Crippen LogP contribution is -2.30. The number of nitrogens with one attached hydrogen (secondary N) is 1. The van der Waals surface area contributed by atoms with Crippen LogP contribution in [0.5, 0.6) is 0 Å². The topological polar surface area (TPSA) is 80.3 Å². The molecule has 0 unspecified atom stereocenters. The zero-order valence-corrected chi connectivity index (χ0v) is 10.5. The molecular weight excluding hydrogens is 261 g/mol. The maximum Gasteiger partial charge on any atom is 0.234 e. The van der Waals surface area contributed by atoms with Gasteiger partial charge in [-0.15, -0.1) is 0 Å². The number of carbonyl (C=O) groups is 2. The van der Waals surface area contributed by atoms with Gasteiger partial charge in [0.05, 0.1) is 5.56 Å². The van der Waals surface area contributed by atoms with Crippen LogP contribution in [-0.2, 0) is 14.6 Å². The Morgan fingerprint density at radius 1 is 1.22 bits per heavy atom. The van der Waals surface area contributed by atoms with Crippen molar-refractivity contribution >= 4 is 21.5 Å². The number of amides is 1. The summed E-state index contributed by atoms with van der Waals surface area (Å²) in [4.78, 5) is 22.5. The second kappa shape index (κ2) is 5.72. The van der Waals surface area contributed by atoms with Crippen molar-refractivity contribution < 1.29 is 22.4 Å². The van der Waals surface area contributed by atoms with Gasteiger partial charge in [-0.05, 0) is 12.1 Å². The molecule has 0 aliphatic carbocycles. The molecule has 0 aromatic heterocycles. The zero-order valence-electron chi connectivity index (χ0n) is 9.64. The van der Waals surface area contributed by atoms with Crippen LogP contribution in [-0.4, -0.2) is 38.7 Å². The van der Waals surface area contributed by atoms with Crippen LogP contribution in [0.25, 0.3) is 0 Å². The third-order valence-electron chi connectivity index (χ3n) is 2.16. The Kier molecular flexibility index (Phi) is 4.55. The number of Topliss-reactive ketones (excluding diaryl/α,β-unsaturated/α-hetero) is 1. The molecule has 0 heterocycles. The van der Waals surface area contributed by atoms with E-state index in [9.17, 15) is 22.4 Å². The molecule has 0 aliphatic rings. The van der Waals surface area contributed by atoms with Crippen molar-refractivity contribution in [3.8, 4) is 0 Å². The van der Waals surface area contributed by atoms with Crippen LogP contribution < -0.4 is 5.32 Å². The van der Waals surface area contributed by atoms with Crippen LogP contribution in [0.3, 0.4) is 0 Å². The molecule has 1 aromatic carbocycles. The van der Waals surface area contributed by atoms with Crippen molar-refractivity contribution in [2.24, 2.45) is 0 Å². The molecule has 5 nitrogen and oxygen atoms in total. The molecule has 1 amide bonds. The van der Waals surface area contributed by atoms with E-state index < -0.39 is 38.9 Å². The minimum atomic E-state index is -3.89. The van der Waals surface area contributed by atoms with Crippen LogP contribution in [0.15, 0.2) is 24.3 Å². The van der Waals surface area contributed by atoms with Gasteiger partial charge in [-0.3, -0.25) is 9.59 Å². The van der Waals surface area contributed by atoms with E-state index in [1.165, 1.54) is 25.2 Å². The van der Waals surface area contributed by atoms with Gasteiger partial charge in [0.1, 0.15) is 17.3 Å². The van der Waals surface area contributed by atoms with E-state index in [1.807, 2.05) is 0 Å². The maximum atomic E-state index is 13.2. The van der Waals surface area contributed by atoms with Crippen molar-refractivity contribution in [1.29, 1.82) is 0 Å². The number of halogens is 1. The number of benzene rings is 1. The third-order valence-corrected chi connectivity index (χ3v) is 3.56. The van der Waals surface area contributed by atoms with E-state index in [0.717, 1.165) is 6.07 Å². The van der Waals surface area contributed by atoms with Gasteiger partial charge in [-0.1, -0.05) is 12.1 Å². The summed E-state index contributed by atoms with van der Waals surface area (Å²) < 4.78 is 36.2. The molecule has 18 heavy (non-hydrogen) atoms. The first-order chi connectivity index (χ1) is 8.35. The van der Waals surface area contributed by atoms with Crippen molar-refractivity contribution in [2.45, 2.75) is 0 Å². The molecule has 1 aromatic rings. The highest BCUT2D eigenvalue weighted by molar-refractivity contribution is 7.92. The summed E-state index contributed by atoms with van der Waals surface area (Å²) in [6, 6.07) is 5.10. The number of rotatable bonds is 5. The summed E-state index contributed by atoms with van der Waals surface area (Å²) in [6.07, 6.45) is 0. The highest BCUT2D eigenvalue weighted by Crippen LogP contribution is 2.08. The Hall–Kier alpha value is -1.76. The lowest BCUT2D eigenvalue weighted by atomic mass is 10.1. The number of carbonyl (C=O) groups excluding carboxylic acids is 2. The van der Waals surface area contributed by atoms with E-state index in [2.05, 4.69) is 5.32 Å². The molecule has 0 spiro atoms. The second-order valence-electron chi connectivity index (χ2n) is 3.61.